The predicted octanol–water partition coefficient (Wildman–Crippen LogP) is -4.85. The van der Waals surface area contributed by atoms with E-state index in [1.54, 1.807) is 0 Å². The molecule has 0 saturated heterocycles. The van der Waals surface area contributed by atoms with E-state index in [1.165, 1.54) is 0 Å². The summed E-state index contributed by atoms with van der Waals surface area (Å²) in [6.45, 7) is -0.846. The average molecular weight is 181 g/mol. The lowest BCUT2D eigenvalue weighted by molar-refractivity contribution is -1.65. The van der Waals surface area contributed by atoms with Crippen molar-refractivity contribution in [3.63, 3.8) is 0 Å². The first kappa shape index (κ1) is 9.34. The van der Waals surface area contributed by atoms with Crippen molar-refractivity contribution in [2.24, 2.45) is 0 Å². The fourth-order valence-electron chi connectivity index (χ4n) is 0.0896. The van der Waals surface area contributed by atoms with Gasteiger partial charge in [0.2, 0.25) is 0 Å². The van der Waals surface area contributed by atoms with Gasteiger partial charge in [0.15, 0.2) is 0 Å². The second-order valence-electron chi connectivity index (χ2n) is 0.714. The first-order valence-electron chi connectivity index (χ1n) is 1.50. The van der Waals surface area contributed by atoms with Crippen LogP contribution < -0.4 is 18.6 Å². The Morgan fingerprint density at radius 2 is 1.22 bits per heavy atom. The second kappa shape index (κ2) is 5.15. The summed E-state index contributed by atoms with van der Waals surface area (Å²) in [6.07, 6.45) is 0. The molecule has 9 heavy (non-hydrogen) atoms. The number of hydrogen-bond donors (Lipinski definition) is 0. The highest BCUT2D eigenvalue weighted by Gasteiger charge is 2.15. The van der Waals surface area contributed by atoms with Crippen molar-refractivity contribution in [2.75, 3.05) is 6.79 Å². The zero-order valence-electron chi connectivity index (χ0n) is 3.91. The molecule has 0 aromatic heterocycles. The Kier molecular flexibility index (Phi) is 5.35. The fourth-order valence-corrected chi connectivity index (χ4v) is 0.370. The van der Waals surface area contributed by atoms with Gasteiger partial charge in [0.05, 0.1) is 8.58 Å². The van der Waals surface area contributed by atoms with E-state index in [0.717, 1.165) is 0 Å². The first-order valence-corrected chi connectivity index (χ1v) is 3.35. The van der Waals surface area contributed by atoms with Gasteiger partial charge >= 0.3 is 6.79 Å². The molecule has 0 amide bonds. The lowest BCUT2D eigenvalue weighted by atomic mass is 11.6. The Labute approximate surface area is 56.4 Å². The highest BCUT2D eigenvalue weighted by Crippen LogP contribution is 1.81. The van der Waals surface area contributed by atoms with E-state index in [0.29, 0.717) is 0 Å². The molecule has 0 rings (SSSR count). The van der Waals surface area contributed by atoms with Crippen LogP contribution in [0.2, 0.25) is 0 Å². The van der Waals surface area contributed by atoms with E-state index in [2.05, 4.69) is 8.58 Å². The highest BCUT2D eigenvalue weighted by molar-refractivity contribution is 3.65. The summed E-state index contributed by atoms with van der Waals surface area (Å²) in [6, 6.07) is 0. The normalized spacial score (nSPS) is 11.3. The Hall–Kier alpha value is 0.340. The topological polar surface area (TPSA) is 111 Å². The van der Waals surface area contributed by atoms with E-state index >= 15 is 0 Å². The molecule has 0 aromatic carbocycles. The van der Waals surface area contributed by atoms with Crippen LogP contribution in [0.1, 0.15) is 0 Å². The van der Waals surface area contributed by atoms with Crippen molar-refractivity contribution in [1.82, 2.24) is 0 Å². The van der Waals surface area contributed by atoms with Crippen LogP contribution in [0.15, 0.2) is 0 Å². The molecule has 0 bridgehead atoms. The third-order valence-corrected chi connectivity index (χ3v) is 0.802. The maximum absolute atomic E-state index is 9.44. The van der Waals surface area contributed by atoms with Crippen LogP contribution in [-0.2, 0) is 8.58 Å². The zero-order valence-corrected chi connectivity index (χ0v) is 5.42. The molecule has 0 atom stereocenters. The summed E-state index contributed by atoms with van der Waals surface area (Å²) < 4.78 is 45.0. The van der Waals surface area contributed by atoms with Gasteiger partial charge in [-0.15, -0.1) is 0 Å². The minimum Gasteiger partial charge on any atom is -0.320 e. The molecule has 0 aliphatic rings. The van der Waals surface area contributed by atoms with E-state index in [1.807, 2.05) is 0 Å². The van der Waals surface area contributed by atoms with Crippen LogP contribution in [0.4, 0.5) is 0 Å². The second-order valence-corrected chi connectivity index (χ2v) is 1.91. The Balaban J connectivity index is 2.91. The standard InChI is InChI=1S/CH2Cl2O6/c4-2(5)8-1-9-3(6)7/h1H2. The number of rotatable bonds is 4. The summed E-state index contributed by atoms with van der Waals surface area (Å²) in [4.78, 5) is 0. The van der Waals surface area contributed by atoms with Gasteiger partial charge in [-0.05, 0) is 0 Å². The molecule has 56 valence electrons. The summed E-state index contributed by atoms with van der Waals surface area (Å²) in [7, 11) is -4.87. The summed E-state index contributed by atoms with van der Waals surface area (Å²) in [5.74, 6) is 0. The van der Waals surface area contributed by atoms with Crippen molar-refractivity contribution in [2.45, 2.75) is 0 Å². The SMILES string of the molecule is [O-][Cl+2]([O-])OCO[Cl+2]([O-])[O-]. The zero-order chi connectivity index (χ0) is 7.28. The quantitative estimate of drug-likeness (QED) is 0.402. The molecular weight excluding hydrogens is 179 g/mol. The molecule has 0 unspecified atom stereocenters. The number of hydrogen-bond acceptors (Lipinski definition) is 6. The Bertz CT molecular complexity index is 56.1. The predicted molar refractivity (Wildman–Crippen MR) is 7.04 cm³/mol. The first-order chi connectivity index (χ1) is 4.13. The van der Waals surface area contributed by atoms with Crippen LogP contribution in [0.25, 0.3) is 0 Å². The Morgan fingerprint density at radius 1 is 0.889 bits per heavy atom. The van der Waals surface area contributed by atoms with E-state index in [-0.39, 0.29) is 0 Å². The average Bonchev–Trinajstić information content (AvgIpc) is 1.63. The van der Waals surface area contributed by atoms with Gasteiger partial charge in [0, 0.05) is 0 Å². The number of halogens is 2. The maximum Gasteiger partial charge on any atom is 0.367 e. The smallest absolute Gasteiger partial charge is 0.320 e. The molecule has 0 heterocycles. The van der Waals surface area contributed by atoms with Crippen LogP contribution in [-0.4, -0.2) is 6.79 Å². The molecule has 0 spiro atoms. The van der Waals surface area contributed by atoms with Gasteiger partial charge < -0.3 is 18.6 Å². The third kappa shape index (κ3) is 8.34. The summed E-state index contributed by atoms with van der Waals surface area (Å²) >= 11 is 0. The van der Waals surface area contributed by atoms with Crippen molar-refractivity contribution in [3.05, 3.63) is 0 Å². The molecule has 0 aromatic rings. The molecule has 6 nitrogen and oxygen atoms in total. The van der Waals surface area contributed by atoms with Crippen LogP contribution in [0.3, 0.4) is 0 Å². The molecule has 0 aliphatic carbocycles. The molecule has 0 fully saturated rings. The van der Waals surface area contributed by atoms with Gasteiger partial charge in [0.25, 0.3) is 21.6 Å². The maximum atomic E-state index is 9.44. The molecule has 0 radical (unpaired) electrons. The molecule has 0 N–H and O–H groups in total. The van der Waals surface area contributed by atoms with Crippen molar-refractivity contribution in [3.8, 4) is 0 Å². The molecular formula is CH2Cl2O6. The lowest BCUT2D eigenvalue weighted by Gasteiger charge is -1.90. The Morgan fingerprint density at radius 3 is 1.44 bits per heavy atom. The van der Waals surface area contributed by atoms with Crippen LogP contribution in [0.5, 0.6) is 0 Å². The lowest BCUT2D eigenvalue weighted by Crippen LogP contribution is -2.38. The van der Waals surface area contributed by atoms with E-state index < -0.39 is 28.4 Å². The van der Waals surface area contributed by atoms with E-state index in [4.69, 9.17) is 0 Å². The molecule has 8 heteroatoms. The summed E-state index contributed by atoms with van der Waals surface area (Å²) in [5.41, 5.74) is 0. The van der Waals surface area contributed by atoms with Gasteiger partial charge in [-0.1, -0.05) is 0 Å². The van der Waals surface area contributed by atoms with Gasteiger partial charge in [0.1, 0.15) is 0 Å². The minimum atomic E-state index is -2.44. The summed E-state index contributed by atoms with van der Waals surface area (Å²) in [5, 5.41) is 0. The monoisotopic (exact) mass is 180 g/mol. The van der Waals surface area contributed by atoms with Crippen molar-refractivity contribution in [1.29, 1.82) is 0 Å². The minimum absolute atomic E-state index is 0.846. The van der Waals surface area contributed by atoms with Gasteiger partial charge in [-0.3, -0.25) is 0 Å². The van der Waals surface area contributed by atoms with E-state index in [9.17, 15) is 18.6 Å². The largest absolute Gasteiger partial charge is 0.367 e. The fraction of sp³-hybridized carbons (Fsp3) is 1.00. The third-order valence-electron chi connectivity index (χ3n) is 0.267. The highest BCUT2D eigenvalue weighted by atomic mass is 35.6. The van der Waals surface area contributed by atoms with Gasteiger partial charge in [-0.25, -0.2) is 0 Å². The molecule has 0 aliphatic heterocycles. The van der Waals surface area contributed by atoms with Crippen molar-refractivity contribution < 1.29 is 48.8 Å². The van der Waals surface area contributed by atoms with Gasteiger partial charge in [-0.2, -0.15) is 0 Å². The van der Waals surface area contributed by atoms with Crippen LogP contribution >= 0.6 is 0 Å². The van der Waals surface area contributed by atoms with Crippen molar-refractivity contribution >= 4 is 0 Å². The van der Waals surface area contributed by atoms with Crippen LogP contribution in [0, 0.1) is 21.6 Å². The molecule has 0 saturated carbocycles.